The smallest absolute Gasteiger partial charge is 0.117 e. The topological polar surface area (TPSA) is 17.4 Å². The van der Waals surface area contributed by atoms with Gasteiger partial charge in [-0.25, -0.2) is 4.39 Å². The van der Waals surface area contributed by atoms with Crippen LogP contribution in [0.25, 0.3) is 0 Å². The van der Waals surface area contributed by atoms with Gasteiger partial charge in [-0.2, -0.15) is 0 Å². The Morgan fingerprint density at radius 2 is 2.44 bits per heavy atom. The van der Waals surface area contributed by atoms with Gasteiger partial charge in [0.1, 0.15) is 6.67 Å². The molecule has 1 aliphatic rings. The van der Waals surface area contributed by atoms with E-state index in [1.54, 1.807) is 0 Å². The van der Waals surface area contributed by atoms with Gasteiger partial charge in [0, 0.05) is 45.2 Å². The largest absolute Gasteiger partial charge is 0.374 e. The van der Waals surface area contributed by atoms with E-state index >= 15 is 0 Å². The van der Waals surface area contributed by atoms with Gasteiger partial charge in [0.05, 0.1) is 6.10 Å². The highest BCUT2D eigenvalue weighted by atomic mass is 19.1. The maximum Gasteiger partial charge on any atom is 0.117 e. The molecule has 1 aliphatic heterocycles. The molecule has 90 valence electrons. The summed E-state index contributed by atoms with van der Waals surface area (Å²) in [5.74, 6) is 0. The lowest BCUT2D eigenvalue weighted by Crippen LogP contribution is -2.33. The van der Waals surface area contributed by atoms with E-state index in [1.807, 2.05) is 19.3 Å². The van der Waals surface area contributed by atoms with Crippen molar-refractivity contribution in [2.45, 2.75) is 19.1 Å². The van der Waals surface area contributed by atoms with Gasteiger partial charge < -0.3 is 9.30 Å². The van der Waals surface area contributed by atoms with Crippen molar-refractivity contribution in [1.82, 2.24) is 9.47 Å². The first-order valence-corrected chi connectivity index (χ1v) is 5.79. The first-order valence-electron chi connectivity index (χ1n) is 5.79. The molecule has 1 atom stereocenters. The van der Waals surface area contributed by atoms with Gasteiger partial charge >= 0.3 is 0 Å². The highest BCUT2D eigenvalue weighted by Gasteiger charge is 2.18. The zero-order valence-electron chi connectivity index (χ0n) is 9.73. The van der Waals surface area contributed by atoms with Crippen LogP contribution in [0, 0.1) is 0 Å². The molecule has 4 heteroatoms. The SMILES string of the molecule is Cn1cccc1CN1CCCOC(CF)C1. The third kappa shape index (κ3) is 2.83. The molecule has 16 heavy (non-hydrogen) atoms. The number of aromatic nitrogens is 1. The number of aryl methyl sites for hydroxylation is 1. The molecule has 2 heterocycles. The maximum atomic E-state index is 12.6. The second-order valence-electron chi connectivity index (χ2n) is 4.35. The standard InChI is InChI=1S/C12H19FN2O/c1-14-5-2-4-11(14)9-15-6-3-7-16-12(8-13)10-15/h2,4-5,12H,3,6-10H2,1H3. The fraction of sp³-hybridized carbons (Fsp3) is 0.667. The predicted octanol–water partition coefficient (Wildman–Crippen LogP) is 1.59. The van der Waals surface area contributed by atoms with Crippen LogP contribution >= 0.6 is 0 Å². The molecular formula is C12H19FN2O. The molecular weight excluding hydrogens is 207 g/mol. The van der Waals surface area contributed by atoms with E-state index in [9.17, 15) is 4.39 Å². The summed E-state index contributed by atoms with van der Waals surface area (Å²) >= 11 is 0. The Morgan fingerprint density at radius 3 is 3.12 bits per heavy atom. The fourth-order valence-electron chi connectivity index (χ4n) is 2.10. The Bertz CT molecular complexity index is 327. The van der Waals surface area contributed by atoms with E-state index in [1.165, 1.54) is 5.69 Å². The zero-order valence-corrected chi connectivity index (χ0v) is 9.73. The fourth-order valence-corrected chi connectivity index (χ4v) is 2.10. The summed E-state index contributed by atoms with van der Waals surface area (Å²) in [6.07, 6.45) is 2.78. The summed E-state index contributed by atoms with van der Waals surface area (Å²) in [5.41, 5.74) is 1.26. The summed E-state index contributed by atoms with van der Waals surface area (Å²) in [6, 6.07) is 4.15. The van der Waals surface area contributed by atoms with Crippen LogP contribution in [0.1, 0.15) is 12.1 Å². The van der Waals surface area contributed by atoms with Crippen molar-refractivity contribution < 1.29 is 9.13 Å². The molecule has 1 unspecified atom stereocenters. The Kier molecular flexibility index (Phi) is 3.96. The normalized spacial score (nSPS) is 23.2. The molecule has 3 nitrogen and oxygen atoms in total. The van der Waals surface area contributed by atoms with Crippen LogP contribution < -0.4 is 0 Å². The average molecular weight is 226 g/mol. The summed E-state index contributed by atoms with van der Waals surface area (Å²) in [4.78, 5) is 2.27. The second kappa shape index (κ2) is 5.46. The minimum Gasteiger partial charge on any atom is -0.374 e. The molecule has 0 radical (unpaired) electrons. The van der Waals surface area contributed by atoms with Crippen LogP contribution in [0.15, 0.2) is 18.3 Å². The lowest BCUT2D eigenvalue weighted by atomic mass is 10.3. The number of hydrogen-bond acceptors (Lipinski definition) is 2. The van der Waals surface area contributed by atoms with E-state index < -0.39 is 0 Å². The van der Waals surface area contributed by atoms with Crippen LogP contribution in [0.3, 0.4) is 0 Å². The van der Waals surface area contributed by atoms with Gasteiger partial charge in [0.2, 0.25) is 0 Å². The molecule has 1 fully saturated rings. The van der Waals surface area contributed by atoms with Gasteiger partial charge in [-0.05, 0) is 18.6 Å². The molecule has 1 saturated heterocycles. The molecule has 0 saturated carbocycles. The molecule has 1 aromatic rings. The van der Waals surface area contributed by atoms with Crippen molar-refractivity contribution in [3.05, 3.63) is 24.0 Å². The average Bonchev–Trinajstić information content (AvgIpc) is 2.55. The Morgan fingerprint density at radius 1 is 1.56 bits per heavy atom. The van der Waals surface area contributed by atoms with Crippen molar-refractivity contribution in [3.63, 3.8) is 0 Å². The lowest BCUT2D eigenvalue weighted by molar-refractivity contribution is 0.0357. The van der Waals surface area contributed by atoms with Crippen molar-refractivity contribution >= 4 is 0 Å². The molecule has 1 aromatic heterocycles. The van der Waals surface area contributed by atoms with Crippen LogP contribution in [-0.2, 0) is 18.3 Å². The van der Waals surface area contributed by atoms with E-state index in [2.05, 4.69) is 15.5 Å². The highest BCUT2D eigenvalue weighted by molar-refractivity contribution is 5.06. The van der Waals surface area contributed by atoms with Crippen LogP contribution in [0.2, 0.25) is 0 Å². The number of hydrogen-bond donors (Lipinski definition) is 0. The Balaban J connectivity index is 1.95. The molecule has 0 N–H and O–H groups in total. The molecule has 0 aliphatic carbocycles. The van der Waals surface area contributed by atoms with Crippen molar-refractivity contribution in [2.75, 3.05) is 26.4 Å². The first-order chi connectivity index (χ1) is 7.79. The number of ether oxygens (including phenoxy) is 1. The minimum atomic E-state index is -0.385. The van der Waals surface area contributed by atoms with Gasteiger partial charge in [-0.3, -0.25) is 4.90 Å². The van der Waals surface area contributed by atoms with Gasteiger partial charge in [0.15, 0.2) is 0 Å². The molecule has 0 spiro atoms. The Labute approximate surface area is 95.8 Å². The number of nitrogens with zero attached hydrogens (tertiary/aromatic N) is 2. The molecule has 0 bridgehead atoms. The van der Waals surface area contributed by atoms with Crippen LogP contribution in [0.4, 0.5) is 4.39 Å². The monoisotopic (exact) mass is 226 g/mol. The highest BCUT2D eigenvalue weighted by Crippen LogP contribution is 2.11. The van der Waals surface area contributed by atoms with E-state index in [-0.39, 0.29) is 12.8 Å². The first kappa shape index (κ1) is 11.6. The number of halogens is 1. The number of alkyl halides is 1. The third-order valence-corrected chi connectivity index (χ3v) is 3.04. The summed E-state index contributed by atoms with van der Waals surface area (Å²) in [5, 5.41) is 0. The van der Waals surface area contributed by atoms with Crippen molar-refractivity contribution in [2.24, 2.45) is 7.05 Å². The molecule has 2 rings (SSSR count). The summed E-state index contributed by atoms with van der Waals surface area (Å²) < 4.78 is 20.1. The van der Waals surface area contributed by atoms with Gasteiger partial charge in [0.25, 0.3) is 0 Å². The summed E-state index contributed by atoms with van der Waals surface area (Å²) in [7, 11) is 2.04. The Hall–Kier alpha value is -0.870. The van der Waals surface area contributed by atoms with Crippen LogP contribution in [-0.4, -0.2) is 41.9 Å². The third-order valence-electron chi connectivity index (χ3n) is 3.04. The second-order valence-corrected chi connectivity index (χ2v) is 4.35. The van der Waals surface area contributed by atoms with Gasteiger partial charge in [-0.15, -0.1) is 0 Å². The van der Waals surface area contributed by atoms with E-state index in [0.717, 1.165) is 19.5 Å². The predicted molar refractivity (Wildman–Crippen MR) is 61.0 cm³/mol. The summed E-state index contributed by atoms with van der Waals surface area (Å²) in [6.45, 7) is 2.86. The van der Waals surface area contributed by atoms with Crippen molar-refractivity contribution in [1.29, 1.82) is 0 Å². The van der Waals surface area contributed by atoms with E-state index in [4.69, 9.17) is 4.74 Å². The molecule has 0 amide bonds. The number of rotatable bonds is 3. The maximum absolute atomic E-state index is 12.6. The lowest BCUT2D eigenvalue weighted by Gasteiger charge is -2.22. The van der Waals surface area contributed by atoms with E-state index in [0.29, 0.717) is 13.2 Å². The quantitative estimate of drug-likeness (QED) is 0.778. The molecule has 0 aromatic carbocycles. The van der Waals surface area contributed by atoms with Crippen LogP contribution in [0.5, 0.6) is 0 Å². The zero-order chi connectivity index (χ0) is 11.4. The van der Waals surface area contributed by atoms with Crippen molar-refractivity contribution in [3.8, 4) is 0 Å². The minimum absolute atomic E-state index is 0.247. The van der Waals surface area contributed by atoms with Gasteiger partial charge in [-0.1, -0.05) is 0 Å².